The van der Waals surface area contributed by atoms with Crippen LogP contribution in [0.3, 0.4) is 0 Å². The number of nitrogens with zero attached hydrogens (tertiary/aromatic N) is 5. The van der Waals surface area contributed by atoms with Crippen LogP contribution in [0.2, 0.25) is 0 Å². The number of rotatable bonds is 2. The molecule has 0 spiro atoms. The fraction of sp³-hybridized carbons (Fsp3) is 0.250. The first kappa shape index (κ1) is 12.3. The van der Waals surface area contributed by atoms with Crippen molar-refractivity contribution in [2.75, 3.05) is 4.90 Å². The molecule has 1 aromatic carbocycles. The molecule has 102 valence electrons. The fourth-order valence-corrected chi connectivity index (χ4v) is 2.09. The van der Waals surface area contributed by atoms with Gasteiger partial charge in [0, 0.05) is 0 Å². The number of carbonyl (C=O) groups is 2. The Morgan fingerprint density at radius 2 is 2.10 bits per heavy atom. The van der Waals surface area contributed by atoms with Crippen LogP contribution < -0.4 is 10.2 Å². The minimum atomic E-state index is -0.515. The Morgan fingerprint density at radius 1 is 1.30 bits per heavy atom. The lowest BCUT2D eigenvalue weighted by atomic mass is 10.1. The van der Waals surface area contributed by atoms with Crippen LogP contribution in [-0.2, 0) is 4.79 Å². The molecule has 2 aromatic rings. The van der Waals surface area contributed by atoms with Gasteiger partial charge < -0.3 is 5.32 Å². The summed E-state index contributed by atoms with van der Waals surface area (Å²) in [6.45, 7) is 3.49. The van der Waals surface area contributed by atoms with Gasteiger partial charge >= 0.3 is 6.03 Å². The van der Waals surface area contributed by atoms with Crippen molar-refractivity contribution in [3.8, 4) is 5.69 Å². The predicted octanol–water partition coefficient (Wildman–Crippen LogP) is 0.415. The molecule has 0 saturated carbocycles. The molecule has 1 N–H and O–H groups in total. The molecule has 1 aliphatic rings. The summed E-state index contributed by atoms with van der Waals surface area (Å²) in [7, 11) is 0. The van der Waals surface area contributed by atoms with Crippen molar-refractivity contribution < 1.29 is 9.59 Å². The van der Waals surface area contributed by atoms with Gasteiger partial charge in [0.25, 0.3) is 5.91 Å². The number of nitrogens with one attached hydrogen (secondary N) is 1. The maximum absolute atomic E-state index is 12.1. The van der Waals surface area contributed by atoms with Gasteiger partial charge in [-0.15, -0.1) is 5.10 Å². The Bertz CT molecular complexity index is 681. The van der Waals surface area contributed by atoms with E-state index in [-0.39, 0.29) is 5.91 Å². The summed E-state index contributed by atoms with van der Waals surface area (Å²) in [6.07, 6.45) is 1.45. The molecule has 20 heavy (non-hydrogen) atoms. The number of tetrazole rings is 1. The average molecular weight is 272 g/mol. The number of imide groups is 1. The van der Waals surface area contributed by atoms with Gasteiger partial charge in [-0.1, -0.05) is 6.07 Å². The third kappa shape index (κ3) is 1.81. The Morgan fingerprint density at radius 3 is 2.70 bits per heavy atom. The highest BCUT2D eigenvalue weighted by molar-refractivity contribution is 6.21. The highest BCUT2D eigenvalue weighted by Gasteiger charge is 2.36. The molecule has 1 aliphatic heterocycles. The second-order valence-electron chi connectivity index (χ2n) is 4.57. The van der Waals surface area contributed by atoms with Crippen LogP contribution in [0.4, 0.5) is 10.5 Å². The van der Waals surface area contributed by atoms with E-state index >= 15 is 0 Å². The van der Waals surface area contributed by atoms with Crippen molar-refractivity contribution in [2.45, 2.75) is 19.9 Å². The second kappa shape index (κ2) is 4.41. The highest BCUT2D eigenvalue weighted by atomic mass is 16.2. The van der Waals surface area contributed by atoms with Crippen molar-refractivity contribution in [3.05, 3.63) is 30.1 Å². The Hall–Kier alpha value is -2.77. The number of amides is 3. The number of hydrogen-bond donors (Lipinski definition) is 1. The lowest BCUT2D eigenvalue weighted by Gasteiger charge is -2.16. The number of aromatic nitrogens is 4. The van der Waals surface area contributed by atoms with Gasteiger partial charge in [-0.3, -0.25) is 4.79 Å². The summed E-state index contributed by atoms with van der Waals surface area (Å²) in [5.41, 5.74) is 2.03. The van der Waals surface area contributed by atoms with Crippen LogP contribution in [-0.4, -0.2) is 38.2 Å². The highest BCUT2D eigenvalue weighted by Crippen LogP contribution is 2.26. The Kier molecular flexibility index (Phi) is 2.70. The zero-order valence-corrected chi connectivity index (χ0v) is 10.9. The van der Waals surface area contributed by atoms with Gasteiger partial charge in [-0.05, 0) is 42.0 Å². The minimum Gasteiger partial charge on any atom is -0.326 e. The number of aryl methyl sites for hydroxylation is 1. The molecule has 8 nitrogen and oxygen atoms in total. The first-order valence-electron chi connectivity index (χ1n) is 6.06. The maximum atomic E-state index is 12.1. The van der Waals surface area contributed by atoms with Crippen LogP contribution in [0.1, 0.15) is 12.5 Å². The second-order valence-corrected chi connectivity index (χ2v) is 4.57. The molecule has 0 aliphatic carbocycles. The number of hydrogen-bond acceptors (Lipinski definition) is 5. The molecular formula is C12H12N6O2. The zero-order chi connectivity index (χ0) is 14.3. The van der Waals surface area contributed by atoms with Gasteiger partial charge in [-0.2, -0.15) is 0 Å². The molecule has 1 atom stereocenters. The molecule has 8 heteroatoms. The molecule has 1 fully saturated rings. The van der Waals surface area contributed by atoms with Gasteiger partial charge in [0.2, 0.25) is 0 Å². The summed E-state index contributed by atoms with van der Waals surface area (Å²) in [6, 6.07) is 4.41. The summed E-state index contributed by atoms with van der Waals surface area (Å²) in [4.78, 5) is 25.1. The van der Waals surface area contributed by atoms with E-state index in [9.17, 15) is 9.59 Å². The largest absolute Gasteiger partial charge is 0.329 e. The lowest BCUT2D eigenvalue weighted by molar-refractivity contribution is -0.117. The van der Waals surface area contributed by atoms with E-state index < -0.39 is 12.1 Å². The molecule has 0 bridgehead atoms. The number of urea groups is 1. The summed E-state index contributed by atoms with van der Waals surface area (Å²) >= 11 is 0. The molecule has 3 rings (SSSR count). The Balaban J connectivity index is 2.07. The molecule has 3 amide bonds. The molecule has 1 aromatic heterocycles. The monoisotopic (exact) mass is 272 g/mol. The smallest absolute Gasteiger partial charge is 0.326 e. The van der Waals surface area contributed by atoms with Crippen molar-refractivity contribution in [1.82, 2.24) is 25.5 Å². The van der Waals surface area contributed by atoms with E-state index in [4.69, 9.17) is 0 Å². The normalized spacial score (nSPS) is 18.5. The number of anilines is 1. The maximum Gasteiger partial charge on any atom is 0.329 e. The zero-order valence-electron chi connectivity index (χ0n) is 10.9. The third-order valence-electron chi connectivity index (χ3n) is 3.18. The van der Waals surface area contributed by atoms with Crippen LogP contribution >= 0.6 is 0 Å². The average Bonchev–Trinajstić information content (AvgIpc) is 3.02. The quantitative estimate of drug-likeness (QED) is 0.799. The van der Waals surface area contributed by atoms with E-state index in [1.807, 2.05) is 19.1 Å². The van der Waals surface area contributed by atoms with Gasteiger partial charge in [0.1, 0.15) is 12.4 Å². The minimum absolute atomic E-state index is 0.271. The SMILES string of the molecule is Cc1ccc(-n2cnnn2)cc1N1C(=O)NC(C)C1=O. The lowest BCUT2D eigenvalue weighted by Crippen LogP contribution is -2.31. The first-order chi connectivity index (χ1) is 9.58. The van der Waals surface area contributed by atoms with E-state index in [0.29, 0.717) is 11.4 Å². The summed E-state index contributed by atoms with van der Waals surface area (Å²) in [5.74, 6) is -0.271. The third-order valence-corrected chi connectivity index (χ3v) is 3.18. The van der Waals surface area contributed by atoms with E-state index in [0.717, 1.165) is 10.5 Å². The van der Waals surface area contributed by atoms with Crippen LogP contribution in [0.15, 0.2) is 24.5 Å². The topological polar surface area (TPSA) is 93.0 Å². The molecular weight excluding hydrogens is 260 g/mol. The van der Waals surface area contributed by atoms with Crippen molar-refractivity contribution in [1.29, 1.82) is 0 Å². The van der Waals surface area contributed by atoms with Crippen LogP contribution in [0, 0.1) is 6.92 Å². The van der Waals surface area contributed by atoms with E-state index in [2.05, 4.69) is 20.8 Å². The van der Waals surface area contributed by atoms with Gasteiger partial charge in [0.15, 0.2) is 0 Å². The molecule has 0 radical (unpaired) electrons. The summed E-state index contributed by atoms with van der Waals surface area (Å²) < 4.78 is 1.46. The standard InChI is InChI=1S/C12H12N6O2/c1-7-3-4-9(17-6-13-15-16-17)5-10(7)18-11(19)8(2)14-12(18)20/h3-6,8H,1-2H3,(H,14,20). The number of carbonyl (C=O) groups excluding carboxylic acids is 2. The first-order valence-corrected chi connectivity index (χ1v) is 6.06. The van der Waals surface area contributed by atoms with E-state index in [1.54, 1.807) is 13.0 Å². The van der Waals surface area contributed by atoms with Crippen molar-refractivity contribution >= 4 is 17.6 Å². The summed E-state index contributed by atoms with van der Waals surface area (Å²) in [5, 5.41) is 13.5. The van der Waals surface area contributed by atoms with Gasteiger partial charge in [-0.25, -0.2) is 14.4 Å². The van der Waals surface area contributed by atoms with Crippen molar-refractivity contribution in [3.63, 3.8) is 0 Å². The fourth-order valence-electron chi connectivity index (χ4n) is 2.09. The van der Waals surface area contributed by atoms with Crippen LogP contribution in [0.25, 0.3) is 5.69 Å². The van der Waals surface area contributed by atoms with Crippen molar-refractivity contribution in [2.24, 2.45) is 0 Å². The van der Waals surface area contributed by atoms with Gasteiger partial charge in [0.05, 0.1) is 11.4 Å². The molecule has 2 heterocycles. The predicted molar refractivity (Wildman–Crippen MR) is 69.4 cm³/mol. The molecule has 1 saturated heterocycles. The number of benzene rings is 1. The van der Waals surface area contributed by atoms with Crippen LogP contribution in [0.5, 0.6) is 0 Å². The Labute approximate surface area is 114 Å². The van der Waals surface area contributed by atoms with E-state index in [1.165, 1.54) is 11.0 Å². The molecule has 1 unspecified atom stereocenters.